The van der Waals surface area contributed by atoms with Gasteiger partial charge in [-0.25, -0.2) is 0 Å². The van der Waals surface area contributed by atoms with Crippen molar-refractivity contribution >= 4 is 23.7 Å². The number of thioether (sulfide) groups is 1. The van der Waals surface area contributed by atoms with E-state index in [4.69, 9.17) is 10.8 Å². The molecule has 0 saturated carbocycles. The van der Waals surface area contributed by atoms with Crippen LogP contribution in [0.15, 0.2) is 48.6 Å². The maximum Gasteiger partial charge on any atom is 0.321 e. The van der Waals surface area contributed by atoms with Crippen LogP contribution in [-0.2, 0) is 14.3 Å². The smallest absolute Gasteiger partial charge is 0.321 e. The summed E-state index contributed by atoms with van der Waals surface area (Å²) in [5, 5.41) is 19.1. The van der Waals surface area contributed by atoms with Crippen LogP contribution in [0.1, 0.15) is 58.3 Å². The summed E-state index contributed by atoms with van der Waals surface area (Å²) in [6.45, 7) is 2.20. The third-order valence-corrected chi connectivity index (χ3v) is 5.86. The van der Waals surface area contributed by atoms with E-state index in [9.17, 15) is 14.7 Å². The SMILES string of the molecule is CCCCC/C=C\C\C=C/C=C\C=C/[C@H](SC[C@H](N)C(=O)O)[C@@H](O)CCCC(=O)OC. The van der Waals surface area contributed by atoms with Crippen LogP contribution in [-0.4, -0.2) is 52.4 Å². The molecule has 0 fully saturated rings. The van der Waals surface area contributed by atoms with E-state index >= 15 is 0 Å². The highest BCUT2D eigenvalue weighted by molar-refractivity contribution is 8.00. The van der Waals surface area contributed by atoms with Gasteiger partial charge in [0, 0.05) is 17.4 Å². The van der Waals surface area contributed by atoms with Crippen LogP contribution in [0.5, 0.6) is 0 Å². The minimum Gasteiger partial charge on any atom is -0.480 e. The first-order chi connectivity index (χ1) is 14.9. The van der Waals surface area contributed by atoms with Crippen LogP contribution in [0.25, 0.3) is 0 Å². The van der Waals surface area contributed by atoms with Crippen molar-refractivity contribution in [3.63, 3.8) is 0 Å². The topological polar surface area (TPSA) is 110 Å². The number of methoxy groups -OCH3 is 1. The number of carbonyl (C=O) groups excluding carboxylic acids is 1. The molecule has 0 saturated heterocycles. The summed E-state index contributed by atoms with van der Waals surface area (Å²) in [5.41, 5.74) is 5.58. The predicted molar refractivity (Wildman–Crippen MR) is 129 cm³/mol. The first-order valence-electron chi connectivity index (χ1n) is 10.9. The van der Waals surface area contributed by atoms with Gasteiger partial charge in [-0.05, 0) is 32.1 Å². The van der Waals surface area contributed by atoms with Gasteiger partial charge in [0.05, 0.1) is 13.2 Å². The summed E-state index contributed by atoms with van der Waals surface area (Å²) >= 11 is 1.29. The van der Waals surface area contributed by atoms with Gasteiger partial charge in [0.25, 0.3) is 0 Å². The van der Waals surface area contributed by atoms with Crippen molar-refractivity contribution in [3.8, 4) is 0 Å². The summed E-state index contributed by atoms with van der Waals surface area (Å²) in [6, 6.07) is -0.989. The first kappa shape index (κ1) is 29.2. The van der Waals surface area contributed by atoms with Crippen LogP contribution in [0.4, 0.5) is 0 Å². The van der Waals surface area contributed by atoms with Crippen molar-refractivity contribution in [1.82, 2.24) is 0 Å². The van der Waals surface area contributed by atoms with Crippen molar-refractivity contribution in [1.29, 1.82) is 0 Å². The first-order valence-corrected chi connectivity index (χ1v) is 12.0. The quantitative estimate of drug-likeness (QED) is 0.122. The Labute approximate surface area is 191 Å². The lowest BCUT2D eigenvalue weighted by atomic mass is 10.1. The average molecular weight is 454 g/mol. The molecule has 4 N–H and O–H groups in total. The molecule has 0 amide bonds. The lowest BCUT2D eigenvalue weighted by Crippen LogP contribution is -2.34. The number of aliphatic hydroxyl groups is 1. The number of hydrogen-bond donors (Lipinski definition) is 3. The Kier molecular flexibility index (Phi) is 18.9. The molecule has 0 unspecified atom stereocenters. The van der Waals surface area contributed by atoms with Gasteiger partial charge in [-0.15, -0.1) is 11.8 Å². The molecule has 3 atom stereocenters. The van der Waals surface area contributed by atoms with Gasteiger partial charge < -0.3 is 20.7 Å². The molecular weight excluding hydrogens is 414 g/mol. The third-order valence-electron chi connectivity index (χ3n) is 4.46. The standard InChI is InChI=1S/C24H39NO5S/c1-3-4-5-6-7-8-9-10-11-12-13-14-17-22(31-19-20(25)24(28)29)21(26)16-15-18-23(27)30-2/h7-8,10-14,17,20-22,26H,3-6,9,15-16,18-19,25H2,1-2H3,(H,28,29)/b8-7-,11-10-,13-12-,17-14-/t20-,21-,22-/m0/s1. The molecule has 0 aliphatic rings. The van der Waals surface area contributed by atoms with E-state index < -0.39 is 18.1 Å². The fraction of sp³-hybridized carbons (Fsp3) is 0.583. The number of carboxylic acids is 1. The van der Waals surface area contributed by atoms with E-state index in [2.05, 4.69) is 29.9 Å². The molecule has 0 aliphatic carbocycles. The lowest BCUT2D eigenvalue weighted by Gasteiger charge is -2.20. The highest BCUT2D eigenvalue weighted by Gasteiger charge is 2.20. The van der Waals surface area contributed by atoms with Gasteiger partial charge >= 0.3 is 11.9 Å². The molecule has 0 aromatic heterocycles. The Bertz CT molecular complexity index is 601. The van der Waals surface area contributed by atoms with Crippen LogP contribution < -0.4 is 5.73 Å². The molecule has 0 heterocycles. The van der Waals surface area contributed by atoms with Gasteiger partial charge in [-0.2, -0.15) is 0 Å². The van der Waals surface area contributed by atoms with Crippen molar-refractivity contribution < 1.29 is 24.5 Å². The minimum absolute atomic E-state index is 0.187. The average Bonchev–Trinajstić information content (AvgIpc) is 2.75. The minimum atomic E-state index is -1.07. The van der Waals surface area contributed by atoms with Crippen molar-refractivity contribution in [2.45, 2.75) is 75.7 Å². The number of ether oxygens (including phenoxy) is 1. The summed E-state index contributed by atoms with van der Waals surface area (Å²) in [5.74, 6) is -1.20. The molecule has 0 aromatic carbocycles. The number of nitrogens with two attached hydrogens (primary N) is 1. The Morgan fingerprint density at radius 1 is 1.06 bits per heavy atom. The van der Waals surface area contributed by atoms with Crippen molar-refractivity contribution in [2.75, 3.05) is 12.9 Å². The third kappa shape index (κ3) is 17.5. The second-order valence-electron chi connectivity index (χ2n) is 7.18. The van der Waals surface area contributed by atoms with Gasteiger partial charge in [-0.1, -0.05) is 68.4 Å². The molecule has 0 aromatic rings. The molecule has 0 radical (unpaired) electrons. The van der Waals surface area contributed by atoms with E-state index in [1.807, 2.05) is 30.4 Å². The predicted octanol–water partition coefficient (Wildman–Crippen LogP) is 4.40. The Morgan fingerprint density at radius 3 is 2.48 bits per heavy atom. The summed E-state index contributed by atoms with van der Waals surface area (Å²) in [4.78, 5) is 22.2. The molecule has 31 heavy (non-hydrogen) atoms. The van der Waals surface area contributed by atoms with Crippen LogP contribution in [0.2, 0.25) is 0 Å². The Hall–Kier alpha value is -1.83. The number of hydrogen-bond acceptors (Lipinski definition) is 6. The molecule has 0 spiro atoms. The van der Waals surface area contributed by atoms with E-state index in [-0.39, 0.29) is 23.4 Å². The number of unbranched alkanes of at least 4 members (excludes halogenated alkanes) is 3. The highest BCUT2D eigenvalue weighted by atomic mass is 32.2. The number of allylic oxidation sites excluding steroid dienone is 7. The van der Waals surface area contributed by atoms with E-state index in [0.717, 1.165) is 12.8 Å². The fourth-order valence-corrected chi connectivity index (χ4v) is 3.70. The van der Waals surface area contributed by atoms with E-state index in [1.54, 1.807) is 0 Å². The van der Waals surface area contributed by atoms with Crippen LogP contribution in [0.3, 0.4) is 0 Å². The molecule has 0 bridgehead atoms. The molecule has 7 heteroatoms. The van der Waals surface area contributed by atoms with Crippen LogP contribution >= 0.6 is 11.8 Å². The van der Waals surface area contributed by atoms with E-state index in [0.29, 0.717) is 12.8 Å². The second kappa shape index (κ2) is 20.1. The van der Waals surface area contributed by atoms with Gasteiger partial charge in [0.2, 0.25) is 0 Å². The second-order valence-corrected chi connectivity index (χ2v) is 8.39. The number of esters is 1. The number of carboxylic acid groups (broad SMARTS) is 1. The molecule has 0 rings (SSSR count). The molecule has 6 nitrogen and oxygen atoms in total. The zero-order valence-corrected chi connectivity index (χ0v) is 19.6. The highest BCUT2D eigenvalue weighted by Crippen LogP contribution is 2.21. The Balaban J connectivity index is 4.55. The number of aliphatic carboxylic acids is 1. The van der Waals surface area contributed by atoms with Gasteiger partial charge in [0.1, 0.15) is 6.04 Å². The maximum absolute atomic E-state index is 11.2. The number of carbonyl (C=O) groups is 2. The largest absolute Gasteiger partial charge is 0.480 e. The summed E-state index contributed by atoms with van der Waals surface area (Å²) in [6.07, 6.45) is 22.1. The monoisotopic (exact) mass is 453 g/mol. The maximum atomic E-state index is 11.2. The fourth-order valence-electron chi connectivity index (χ4n) is 2.57. The zero-order chi connectivity index (χ0) is 23.3. The Morgan fingerprint density at radius 2 is 1.81 bits per heavy atom. The van der Waals surface area contributed by atoms with Crippen molar-refractivity contribution in [3.05, 3.63) is 48.6 Å². The number of aliphatic hydroxyl groups excluding tert-OH is 1. The normalized spacial score (nSPS) is 15.2. The van der Waals surface area contributed by atoms with E-state index in [1.165, 1.54) is 38.1 Å². The van der Waals surface area contributed by atoms with Gasteiger partial charge in [0.15, 0.2) is 0 Å². The molecular formula is C24H39NO5S. The summed E-state index contributed by atoms with van der Waals surface area (Å²) in [7, 11) is 1.33. The molecule has 0 aliphatic heterocycles. The van der Waals surface area contributed by atoms with Crippen LogP contribution in [0, 0.1) is 0 Å². The van der Waals surface area contributed by atoms with Gasteiger partial charge in [-0.3, -0.25) is 9.59 Å². The van der Waals surface area contributed by atoms with Crippen molar-refractivity contribution in [2.24, 2.45) is 5.73 Å². The zero-order valence-electron chi connectivity index (χ0n) is 18.8. The lowest BCUT2D eigenvalue weighted by molar-refractivity contribution is -0.141. The number of rotatable bonds is 18. The summed E-state index contributed by atoms with van der Waals surface area (Å²) < 4.78 is 4.61. The molecule has 176 valence electrons.